The van der Waals surface area contributed by atoms with E-state index in [1.807, 2.05) is 65.0 Å². The molecule has 0 N–H and O–H groups in total. The number of amides is 3. The predicted octanol–water partition coefficient (Wildman–Crippen LogP) is 7.04. The maximum atomic E-state index is 14.4. The number of hydrogen-bond donors (Lipinski definition) is 0. The summed E-state index contributed by atoms with van der Waals surface area (Å²) in [4.78, 5) is 45.6. The molecular formula is C34H39ClFN3O5. The monoisotopic (exact) mass is 623 g/mol. The highest BCUT2D eigenvalue weighted by Crippen LogP contribution is 2.33. The smallest absolute Gasteiger partial charge is 0.410 e. The van der Waals surface area contributed by atoms with Crippen molar-refractivity contribution in [2.24, 2.45) is 5.92 Å². The second kappa shape index (κ2) is 14.1. The first-order valence-corrected chi connectivity index (χ1v) is 15.2. The lowest BCUT2D eigenvalue weighted by molar-refractivity contribution is -0.137. The molecule has 3 aromatic carbocycles. The maximum Gasteiger partial charge on any atom is 0.410 e. The number of rotatable bonds is 8. The van der Waals surface area contributed by atoms with Crippen LogP contribution in [-0.4, -0.2) is 64.9 Å². The van der Waals surface area contributed by atoms with Gasteiger partial charge in [0.2, 0.25) is 5.91 Å². The molecule has 44 heavy (non-hydrogen) atoms. The third kappa shape index (κ3) is 8.08. The van der Waals surface area contributed by atoms with E-state index < -0.39 is 29.5 Å². The Morgan fingerprint density at radius 1 is 0.932 bits per heavy atom. The van der Waals surface area contributed by atoms with Gasteiger partial charge in [-0.15, -0.1) is 11.6 Å². The number of piperazine rings is 1. The van der Waals surface area contributed by atoms with Crippen molar-refractivity contribution in [1.29, 1.82) is 0 Å². The normalized spacial score (nSPS) is 16.0. The van der Waals surface area contributed by atoms with E-state index in [1.165, 1.54) is 29.2 Å². The van der Waals surface area contributed by atoms with Gasteiger partial charge < -0.3 is 19.3 Å². The minimum atomic E-state index is -1.14. The highest BCUT2D eigenvalue weighted by molar-refractivity contribution is 6.29. The van der Waals surface area contributed by atoms with Gasteiger partial charge in [0.25, 0.3) is 5.91 Å². The number of benzene rings is 3. The molecule has 3 amide bonds. The van der Waals surface area contributed by atoms with Gasteiger partial charge in [-0.3, -0.25) is 14.5 Å². The molecular weight excluding hydrogens is 585 g/mol. The largest absolute Gasteiger partial charge is 0.457 e. The lowest BCUT2D eigenvalue weighted by Gasteiger charge is -2.45. The van der Waals surface area contributed by atoms with Crippen LogP contribution in [0, 0.1) is 11.7 Å². The Morgan fingerprint density at radius 2 is 1.55 bits per heavy atom. The Balaban J connectivity index is 1.67. The molecule has 8 nitrogen and oxygen atoms in total. The Hall–Kier alpha value is -4.11. The van der Waals surface area contributed by atoms with E-state index in [0.29, 0.717) is 22.7 Å². The molecule has 3 aromatic rings. The van der Waals surface area contributed by atoms with E-state index in [4.69, 9.17) is 21.1 Å². The first kappa shape index (κ1) is 32.8. The molecule has 0 unspecified atom stereocenters. The molecule has 1 aliphatic rings. The van der Waals surface area contributed by atoms with Gasteiger partial charge in [0.05, 0.1) is 6.04 Å². The standard InChI is InChI=1S/C34H39ClFN3O5/c1-23(2)29-22-37(19-20-38(29)33(42)44-34(3,4)5)32(41)31(24-11-13-25(36)14-12-24)39(30(40)21-35)26-15-17-28(18-16-26)43-27-9-7-6-8-10-27/h6-18,23,29,31H,19-22H2,1-5H3/t29-,31-/m1/s1. The average molecular weight is 624 g/mol. The van der Waals surface area contributed by atoms with Crippen molar-refractivity contribution < 1.29 is 28.2 Å². The Bertz CT molecular complexity index is 1430. The summed E-state index contributed by atoms with van der Waals surface area (Å²) in [6, 6.07) is 20.1. The van der Waals surface area contributed by atoms with Gasteiger partial charge in [-0.2, -0.15) is 0 Å². The number of para-hydroxylation sites is 1. The third-order valence-corrected chi connectivity index (χ3v) is 7.51. The summed E-state index contributed by atoms with van der Waals surface area (Å²) in [5, 5.41) is 0. The van der Waals surface area contributed by atoms with Gasteiger partial charge >= 0.3 is 6.09 Å². The van der Waals surface area contributed by atoms with Crippen molar-refractivity contribution in [2.45, 2.75) is 52.3 Å². The molecule has 0 spiro atoms. The zero-order valence-corrected chi connectivity index (χ0v) is 26.5. The van der Waals surface area contributed by atoms with E-state index in [-0.39, 0.29) is 43.4 Å². The van der Waals surface area contributed by atoms with Gasteiger partial charge in [-0.1, -0.05) is 44.2 Å². The Labute approximate surface area is 263 Å². The third-order valence-electron chi connectivity index (χ3n) is 7.28. The molecule has 234 valence electrons. The number of nitrogens with zero attached hydrogens (tertiary/aromatic N) is 3. The number of carbonyl (C=O) groups is 3. The van der Waals surface area contributed by atoms with Crippen molar-refractivity contribution in [1.82, 2.24) is 9.80 Å². The SMILES string of the molecule is CC(C)[C@H]1CN(C(=O)[C@@H](c2ccc(F)cc2)N(C(=O)CCl)c2ccc(Oc3ccccc3)cc2)CCN1C(=O)OC(C)(C)C. The molecule has 1 aliphatic heterocycles. The first-order valence-electron chi connectivity index (χ1n) is 14.6. The number of carbonyl (C=O) groups excluding carboxylic acids is 3. The van der Waals surface area contributed by atoms with Crippen LogP contribution in [0.5, 0.6) is 11.5 Å². The second-order valence-corrected chi connectivity index (χ2v) is 12.3. The van der Waals surface area contributed by atoms with E-state index >= 15 is 0 Å². The van der Waals surface area contributed by atoms with Crippen LogP contribution in [-0.2, 0) is 14.3 Å². The quantitative estimate of drug-likeness (QED) is 0.252. The summed E-state index contributed by atoms with van der Waals surface area (Å²) < 4.78 is 25.5. The van der Waals surface area contributed by atoms with Crippen LogP contribution in [0.3, 0.4) is 0 Å². The Morgan fingerprint density at radius 3 is 2.11 bits per heavy atom. The van der Waals surface area contributed by atoms with Crippen LogP contribution >= 0.6 is 11.6 Å². The van der Waals surface area contributed by atoms with Crippen molar-refractivity contribution >= 4 is 35.2 Å². The molecule has 4 rings (SSSR count). The lowest BCUT2D eigenvalue weighted by atomic mass is 9.97. The molecule has 0 bridgehead atoms. The summed E-state index contributed by atoms with van der Waals surface area (Å²) in [5.74, 6) is -0.509. The highest BCUT2D eigenvalue weighted by atomic mass is 35.5. The first-order chi connectivity index (χ1) is 20.9. The molecule has 0 aliphatic carbocycles. The summed E-state index contributed by atoms with van der Waals surface area (Å²) in [7, 11) is 0. The average Bonchev–Trinajstić information content (AvgIpc) is 2.99. The minimum absolute atomic E-state index is 0.0140. The van der Waals surface area contributed by atoms with E-state index in [2.05, 4.69) is 0 Å². The van der Waals surface area contributed by atoms with Crippen LogP contribution in [0.25, 0.3) is 0 Å². The molecule has 1 saturated heterocycles. The van der Waals surface area contributed by atoms with Crippen LogP contribution < -0.4 is 9.64 Å². The molecule has 10 heteroatoms. The van der Waals surface area contributed by atoms with Crippen LogP contribution in [0.2, 0.25) is 0 Å². The van der Waals surface area contributed by atoms with Crippen LogP contribution in [0.15, 0.2) is 78.9 Å². The van der Waals surface area contributed by atoms with Crippen molar-refractivity contribution in [3.05, 3.63) is 90.2 Å². The summed E-state index contributed by atoms with van der Waals surface area (Å²) in [6.07, 6.45) is -0.435. The fourth-order valence-electron chi connectivity index (χ4n) is 5.15. The van der Waals surface area contributed by atoms with E-state index in [0.717, 1.165) is 0 Å². The fraction of sp³-hybridized carbons (Fsp3) is 0.382. The lowest BCUT2D eigenvalue weighted by Crippen LogP contribution is -2.60. The number of alkyl halides is 1. The maximum absolute atomic E-state index is 14.4. The number of anilines is 1. The number of ether oxygens (including phenoxy) is 2. The number of halogens is 2. The highest BCUT2D eigenvalue weighted by Gasteiger charge is 2.41. The summed E-state index contributed by atoms with van der Waals surface area (Å²) in [5.41, 5.74) is 0.185. The molecule has 0 radical (unpaired) electrons. The molecule has 1 heterocycles. The van der Waals surface area contributed by atoms with E-state index in [1.54, 1.807) is 34.1 Å². The van der Waals surface area contributed by atoms with Gasteiger partial charge in [-0.05, 0) is 80.8 Å². The topological polar surface area (TPSA) is 79.4 Å². The van der Waals surface area contributed by atoms with Crippen LogP contribution in [0.4, 0.5) is 14.9 Å². The van der Waals surface area contributed by atoms with Gasteiger partial charge in [0.15, 0.2) is 0 Å². The molecule has 1 fully saturated rings. The number of hydrogen-bond acceptors (Lipinski definition) is 5. The zero-order valence-electron chi connectivity index (χ0n) is 25.7. The second-order valence-electron chi connectivity index (χ2n) is 12.0. The van der Waals surface area contributed by atoms with Crippen LogP contribution in [0.1, 0.15) is 46.2 Å². The molecule has 0 saturated carbocycles. The zero-order chi connectivity index (χ0) is 32.0. The minimum Gasteiger partial charge on any atom is -0.457 e. The van der Waals surface area contributed by atoms with Crippen molar-refractivity contribution in [3.63, 3.8) is 0 Å². The predicted molar refractivity (Wildman–Crippen MR) is 168 cm³/mol. The van der Waals surface area contributed by atoms with Gasteiger partial charge in [0.1, 0.15) is 34.8 Å². The fourth-order valence-corrected chi connectivity index (χ4v) is 5.28. The van der Waals surface area contributed by atoms with E-state index in [9.17, 15) is 18.8 Å². The molecule has 0 aromatic heterocycles. The van der Waals surface area contributed by atoms with Crippen molar-refractivity contribution in [3.8, 4) is 11.5 Å². The van der Waals surface area contributed by atoms with Gasteiger partial charge in [-0.25, -0.2) is 9.18 Å². The summed E-state index contributed by atoms with van der Waals surface area (Å²) >= 11 is 6.10. The molecule has 2 atom stereocenters. The summed E-state index contributed by atoms with van der Waals surface area (Å²) in [6.45, 7) is 10.1. The van der Waals surface area contributed by atoms with Crippen molar-refractivity contribution in [2.75, 3.05) is 30.4 Å². The Kier molecular flexibility index (Phi) is 10.5. The van der Waals surface area contributed by atoms with Gasteiger partial charge in [0, 0.05) is 25.3 Å².